The Kier molecular flexibility index (Phi) is 8.39. The van der Waals surface area contributed by atoms with E-state index in [9.17, 15) is 13.2 Å². The van der Waals surface area contributed by atoms with Crippen molar-refractivity contribution in [2.24, 2.45) is 7.05 Å². The van der Waals surface area contributed by atoms with Crippen molar-refractivity contribution in [1.82, 2.24) is 28.4 Å². The first kappa shape index (κ1) is 30.4. The minimum absolute atomic E-state index is 0.00614. The SMILES string of the molecule is CCCOc1cc(Cn2c(=O)n(S(=O)(=O)c3c(C)nn(C)c3C)c3cc4onc(C)c4cc32)cc(OCCCN(C)C)c1. The molecule has 0 aliphatic heterocycles. The molecule has 0 amide bonds. The molecule has 0 fully saturated rings. The van der Waals surface area contributed by atoms with Gasteiger partial charge in [0.15, 0.2) is 5.58 Å². The average Bonchev–Trinajstić information content (AvgIpc) is 3.53. The van der Waals surface area contributed by atoms with Gasteiger partial charge in [0, 0.05) is 31.1 Å². The predicted octanol–water partition coefficient (Wildman–Crippen LogP) is 4.01. The highest BCUT2D eigenvalue weighted by molar-refractivity contribution is 7.90. The van der Waals surface area contributed by atoms with Crippen LogP contribution in [0.1, 0.15) is 42.4 Å². The van der Waals surface area contributed by atoms with Gasteiger partial charge in [-0.2, -0.15) is 9.07 Å². The monoisotopic (exact) mass is 610 g/mol. The quantitative estimate of drug-likeness (QED) is 0.193. The number of nitrogens with zero attached hydrogens (tertiary/aromatic N) is 6. The van der Waals surface area contributed by atoms with E-state index in [-0.39, 0.29) is 17.0 Å². The van der Waals surface area contributed by atoms with Gasteiger partial charge < -0.3 is 18.9 Å². The van der Waals surface area contributed by atoms with Gasteiger partial charge in [-0.25, -0.2) is 13.2 Å². The number of hydrogen-bond donors (Lipinski definition) is 0. The molecule has 0 spiro atoms. The summed E-state index contributed by atoms with van der Waals surface area (Å²) < 4.78 is 49.6. The molecule has 3 heterocycles. The summed E-state index contributed by atoms with van der Waals surface area (Å²) in [6.45, 7) is 9.10. The Labute approximate surface area is 250 Å². The zero-order valence-electron chi connectivity index (χ0n) is 25.7. The lowest BCUT2D eigenvalue weighted by atomic mass is 10.1. The largest absolute Gasteiger partial charge is 0.493 e. The van der Waals surface area contributed by atoms with Gasteiger partial charge in [0.2, 0.25) is 0 Å². The standard InChI is InChI=1S/C30H38N6O6S/c1-8-11-40-23-13-22(14-24(15-23)41-12-9-10-33(5)6)18-35-26-16-25-19(2)32-42-28(25)17-27(26)36(30(35)37)43(38,39)29-20(3)31-34(7)21(29)4/h13-17H,8-12,18H2,1-7H3. The van der Waals surface area contributed by atoms with Crippen LogP contribution in [0.15, 0.2) is 44.5 Å². The van der Waals surface area contributed by atoms with E-state index < -0.39 is 15.7 Å². The Morgan fingerprint density at radius 3 is 2.28 bits per heavy atom. The zero-order valence-corrected chi connectivity index (χ0v) is 26.5. The lowest BCUT2D eigenvalue weighted by Gasteiger charge is -2.14. The van der Waals surface area contributed by atoms with Crippen LogP contribution in [0.25, 0.3) is 22.0 Å². The number of benzene rings is 2. The van der Waals surface area contributed by atoms with Gasteiger partial charge >= 0.3 is 5.69 Å². The van der Waals surface area contributed by atoms with Gasteiger partial charge in [0.1, 0.15) is 16.4 Å². The van der Waals surface area contributed by atoms with Crippen molar-refractivity contribution in [2.45, 2.75) is 52.0 Å². The molecule has 13 heteroatoms. The van der Waals surface area contributed by atoms with E-state index in [0.717, 1.165) is 28.9 Å². The number of aryl methyl sites for hydroxylation is 3. The summed E-state index contributed by atoms with van der Waals surface area (Å²) in [5.41, 5.74) is 2.40. The normalized spacial score (nSPS) is 12.2. The van der Waals surface area contributed by atoms with E-state index >= 15 is 0 Å². The van der Waals surface area contributed by atoms with E-state index in [1.807, 2.05) is 39.2 Å². The van der Waals surface area contributed by atoms with Gasteiger partial charge in [-0.15, -0.1) is 0 Å². The van der Waals surface area contributed by atoms with E-state index in [2.05, 4.69) is 15.2 Å². The van der Waals surface area contributed by atoms with E-state index in [1.165, 1.54) is 9.25 Å². The van der Waals surface area contributed by atoms with Crippen molar-refractivity contribution in [3.05, 3.63) is 63.5 Å². The summed E-state index contributed by atoms with van der Waals surface area (Å²) >= 11 is 0. The summed E-state index contributed by atoms with van der Waals surface area (Å²) in [6, 6.07) is 8.86. The molecule has 0 N–H and O–H groups in total. The first-order chi connectivity index (χ1) is 20.4. The molecule has 5 rings (SSSR count). The van der Waals surface area contributed by atoms with Crippen molar-refractivity contribution in [3.8, 4) is 11.5 Å². The highest BCUT2D eigenvalue weighted by Crippen LogP contribution is 2.30. The molecule has 0 saturated heterocycles. The first-order valence-corrected chi connectivity index (χ1v) is 15.7. The Morgan fingerprint density at radius 1 is 0.953 bits per heavy atom. The fourth-order valence-corrected chi connectivity index (χ4v) is 7.05. The third-order valence-electron chi connectivity index (χ3n) is 7.37. The fourth-order valence-electron chi connectivity index (χ4n) is 5.24. The van der Waals surface area contributed by atoms with Crippen LogP contribution in [0.3, 0.4) is 0 Å². The summed E-state index contributed by atoms with van der Waals surface area (Å²) in [4.78, 5) is 16.2. The average molecular weight is 611 g/mol. The van der Waals surface area contributed by atoms with Gasteiger partial charge in [0.05, 0.1) is 47.9 Å². The number of ether oxygens (including phenoxy) is 2. The molecule has 0 unspecified atom stereocenters. The van der Waals surface area contributed by atoms with Crippen LogP contribution < -0.4 is 15.2 Å². The molecule has 3 aromatic heterocycles. The highest BCUT2D eigenvalue weighted by Gasteiger charge is 2.31. The Bertz CT molecular complexity index is 1960. The number of aromatic nitrogens is 5. The van der Waals surface area contributed by atoms with Gasteiger partial charge in [0.25, 0.3) is 10.0 Å². The van der Waals surface area contributed by atoms with Crippen molar-refractivity contribution < 1.29 is 22.4 Å². The van der Waals surface area contributed by atoms with Crippen LogP contribution >= 0.6 is 0 Å². The minimum atomic E-state index is -4.34. The molecule has 0 aliphatic rings. The molecular weight excluding hydrogens is 572 g/mol. The highest BCUT2D eigenvalue weighted by atomic mass is 32.2. The van der Waals surface area contributed by atoms with Crippen molar-refractivity contribution in [2.75, 3.05) is 33.9 Å². The van der Waals surface area contributed by atoms with Crippen LogP contribution in [0.2, 0.25) is 0 Å². The first-order valence-electron chi connectivity index (χ1n) is 14.2. The van der Waals surface area contributed by atoms with Crippen LogP contribution in [0, 0.1) is 20.8 Å². The van der Waals surface area contributed by atoms with E-state index in [4.69, 9.17) is 14.0 Å². The number of rotatable bonds is 12. The molecule has 0 radical (unpaired) electrons. The second kappa shape index (κ2) is 11.9. The molecule has 12 nitrogen and oxygen atoms in total. The van der Waals surface area contributed by atoms with E-state index in [0.29, 0.717) is 58.3 Å². The Hall–Kier alpha value is -4.10. The lowest BCUT2D eigenvalue weighted by Crippen LogP contribution is -2.30. The topological polar surface area (TPSA) is 127 Å². The Morgan fingerprint density at radius 2 is 1.65 bits per heavy atom. The van der Waals surface area contributed by atoms with Crippen molar-refractivity contribution in [3.63, 3.8) is 0 Å². The molecule has 43 heavy (non-hydrogen) atoms. The summed E-state index contributed by atoms with van der Waals surface area (Å²) in [5.74, 6) is 1.23. The maximum absolute atomic E-state index is 14.2. The lowest BCUT2D eigenvalue weighted by molar-refractivity contribution is 0.277. The molecule has 0 atom stereocenters. The minimum Gasteiger partial charge on any atom is -0.493 e. The smallest absolute Gasteiger partial charge is 0.343 e. The summed E-state index contributed by atoms with van der Waals surface area (Å²) in [5, 5.41) is 9.01. The third-order valence-corrected chi connectivity index (χ3v) is 9.31. The van der Waals surface area contributed by atoms with Crippen LogP contribution in [-0.4, -0.2) is 70.6 Å². The fraction of sp³-hybridized carbons (Fsp3) is 0.433. The van der Waals surface area contributed by atoms with Gasteiger partial charge in [-0.05, 0) is 71.5 Å². The van der Waals surface area contributed by atoms with Gasteiger partial charge in [-0.1, -0.05) is 12.1 Å². The molecule has 0 bridgehead atoms. The molecule has 230 valence electrons. The van der Waals surface area contributed by atoms with Crippen molar-refractivity contribution >= 4 is 32.0 Å². The maximum Gasteiger partial charge on any atom is 0.343 e. The second-order valence-electron chi connectivity index (χ2n) is 11.0. The van der Waals surface area contributed by atoms with E-state index in [1.54, 1.807) is 40.0 Å². The van der Waals surface area contributed by atoms with Crippen molar-refractivity contribution in [1.29, 1.82) is 0 Å². The summed E-state index contributed by atoms with van der Waals surface area (Å²) in [6.07, 6.45) is 1.67. The molecule has 2 aromatic carbocycles. The molecular formula is C30H38N6O6S. The summed E-state index contributed by atoms with van der Waals surface area (Å²) in [7, 11) is 1.36. The zero-order chi connectivity index (χ0) is 31.1. The van der Waals surface area contributed by atoms with Crippen LogP contribution in [0.4, 0.5) is 0 Å². The van der Waals surface area contributed by atoms with Crippen LogP contribution in [-0.2, 0) is 23.6 Å². The van der Waals surface area contributed by atoms with Gasteiger partial charge in [-0.3, -0.25) is 9.25 Å². The number of hydrogen-bond acceptors (Lipinski definition) is 9. The Balaban J connectivity index is 1.66. The van der Waals surface area contributed by atoms with Crippen LogP contribution in [0.5, 0.6) is 11.5 Å². The molecule has 0 saturated carbocycles. The maximum atomic E-state index is 14.2. The molecule has 5 aromatic rings. The second-order valence-corrected chi connectivity index (χ2v) is 12.8. The number of fused-ring (bicyclic) bond motifs is 2. The predicted molar refractivity (Wildman–Crippen MR) is 164 cm³/mol. The number of imidazole rings is 1. The third kappa shape index (κ3) is 5.78. The molecule has 0 aliphatic carbocycles.